The first-order valence-corrected chi connectivity index (χ1v) is 9.17. The predicted octanol–water partition coefficient (Wildman–Crippen LogP) is 4.70. The van der Waals surface area contributed by atoms with Crippen LogP contribution in [0.1, 0.15) is 26.3 Å². The van der Waals surface area contributed by atoms with E-state index in [-0.39, 0.29) is 5.91 Å². The number of para-hydroxylation sites is 1. The Balaban J connectivity index is 1.64. The molecule has 0 amide bonds. The largest absolute Gasteiger partial charge is 0.489 e. The molecule has 0 spiro atoms. The van der Waals surface area contributed by atoms with E-state index >= 15 is 0 Å². The number of esters is 1. The molecule has 0 N–H and O–H groups in total. The molecule has 0 atom stereocenters. The van der Waals surface area contributed by atoms with Crippen LogP contribution in [0.3, 0.4) is 0 Å². The van der Waals surface area contributed by atoms with Crippen LogP contribution >= 0.6 is 0 Å². The maximum atomic E-state index is 13.2. The predicted molar refractivity (Wildman–Crippen MR) is 110 cm³/mol. The van der Waals surface area contributed by atoms with Crippen molar-refractivity contribution in [2.45, 2.75) is 6.61 Å². The van der Waals surface area contributed by atoms with Gasteiger partial charge in [-0.15, -0.1) is 0 Å². The van der Waals surface area contributed by atoms with Crippen molar-refractivity contribution < 1.29 is 19.1 Å². The van der Waals surface area contributed by atoms with E-state index in [2.05, 4.69) is 0 Å². The number of hydrogen-bond donors (Lipinski definition) is 0. The first-order chi connectivity index (χ1) is 14.2. The van der Waals surface area contributed by atoms with Gasteiger partial charge in [0, 0.05) is 17.1 Å². The van der Waals surface area contributed by atoms with Gasteiger partial charge in [0.1, 0.15) is 12.4 Å². The molecule has 0 aliphatic rings. The van der Waals surface area contributed by atoms with Crippen LogP contribution in [0.25, 0.3) is 10.9 Å². The number of carbonyl (C=O) groups excluding carboxylic acids is 2. The molecule has 0 saturated heterocycles. The van der Waals surface area contributed by atoms with E-state index in [0.29, 0.717) is 34.4 Å². The first kappa shape index (κ1) is 18.5. The third-order valence-corrected chi connectivity index (χ3v) is 4.67. The molecule has 5 nitrogen and oxygen atoms in total. The summed E-state index contributed by atoms with van der Waals surface area (Å²) in [7, 11) is 1.32. The van der Waals surface area contributed by atoms with Crippen LogP contribution in [0.5, 0.6) is 5.75 Å². The Morgan fingerprint density at radius 1 is 0.897 bits per heavy atom. The Morgan fingerprint density at radius 2 is 1.66 bits per heavy atom. The van der Waals surface area contributed by atoms with Crippen LogP contribution in [0, 0.1) is 0 Å². The zero-order valence-corrected chi connectivity index (χ0v) is 15.9. The highest BCUT2D eigenvalue weighted by Gasteiger charge is 2.19. The maximum Gasteiger partial charge on any atom is 0.340 e. The van der Waals surface area contributed by atoms with Crippen LogP contribution in [0.4, 0.5) is 0 Å². The quantitative estimate of drug-likeness (QED) is 0.468. The van der Waals surface area contributed by atoms with Gasteiger partial charge in [0.15, 0.2) is 0 Å². The number of nitrogens with zero attached hydrogens (tertiary/aromatic N) is 1. The lowest BCUT2D eigenvalue weighted by molar-refractivity contribution is 0.0603. The summed E-state index contributed by atoms with van der Waals surface area (Å²) in [6.45, 7) is 0.414. The minimum Gasteiger partial charge on any atom is -0.489 e. The lowest BCUT2D eigenvalue weighted by Gasteiger charge is -2.09. The van der Waals surface area contributed by atoms with Crippen molar-refractivity contribution in [3.63, 3.8) is 0 Å². The van der Waals surface area contributed by atoms with Crippen molar-refractivity contribution in [2.75, 3.05) is 7.11 Å². The molecule has 0 unspecified atom stereocenters. The van der Waals surface area contributed by atoms with E-state index in [1.807, 2.05) is 48.5 Å². The number of methoxy groups -OCH3 is 1. The smallest absolute Gasteiger partial charge is 0.340 e. The highest BCUT2D eigenvalue weighted by atomic mass is 16.5. The third-order valence-electron chi connectivity index (χ3n) is 4.67. The Kier molecular flexibility index (Phi) is 5.12. The van der Waals surface area contributed by atoms with Crippen molar-refractivity contribution in [1.29, 1.82) is 0 Å². The highest BCUT2D eigenvalue weighted by molar-refractivity contribution is 6.10. The fraction of sp³-hybridized carbons (Fsp3) is 0.0833. The van der Waals surface area contributed by atoms with E-state index in [4.69, 9.17) is 9.47 Å². The molecule has 1 heterocycles. The summed E-state index contributed by atoms with van der Waals surface area (Å²) in [5, 5.41) is 0.671. The summed E-state index contributed by atoms with van der Waals surface area (Å²) in [6.07, 6.45) is 1.52. The highest BCUT2D eigenvalue weighted by Crippen LogP contribution is 2.24. The van der Waals surface area contributed by atoms with Gasteiger partial charge in [-0.25, -0.2) is 4.79 Å². The molecular weight excluding hydrogens is 366 g/mol. The molecule has 0 aliphatic carbocycles. The van der Waals surface area contributed by atoms with Crippen molar-refractivity contribution in [2.24, 2.45) is 0 Å². The molecular formula is C24H19NO4. The van der Waals surface area contributed by atoms with Gasteiger partial charge in [0.25, 0.3) is 5.91 Å². The zero-order valence-electron chi connectivity index (χ0n) is 15.9. The lowest BCUT2D eigenvalue weighted by Crippen LogP contribution is -2.11. The molecule has 1 aromatic heterocycles. The van der Waals surface area contributed by atoms with Crippen molar-refractivity contribution >= 4 is 22.8 Å². The summed E-state index contributed by atoms with van der Waals surface area (Å²) in [6, 6.07) is 24.1. The number of benzene rings is 3. The summed E-state index contributed by atoms with van der Waals surface area (Å²) < 4.78 is 12.2. The Hall–Kier alpha value is -3.86. The number of ether oxygens (including phenoxy) is 2. The number of fused-ring (bicyclic) bond motifs is 1. The normalized spacial score (nSPS) is 10.7. The van der Waals surface area contributed by atoms with E-state index in [1.165, 1.54) is 17.9 Å². The molecule has 0 saturated carbocycles. The van der Waals surface area contributed by atoms with Crippen molar-refractivity contribution in [3.05, 3.63) is 102 Å². The molecule has 0 radical (unpaired) electrons. The number of aromatic nitrogens is 1. The van der Waals surface area contributed by atoms with Crippen LogP contribution in [0.2, 0.25) is 0 Å². The minimum absolute atomic E-state index is 0.249. The molecule has 0 aliphatic heterocycles. The van der Waals surface area contributed by atoms with Gasteiger partial charge in [-0.2, -0.15) is 0 Å². The summed E-state index contributed by atoms with van der Waals surface area (Å²) >= 11 is 0. The third kappa shape index (κ3) is 3.75. The average molecular weight is 385 g/mol. The van der Waals surface area contributed by atoms with Crippen molar-refractivity contribution in [1.82, 2.24) is 4.57 Å². The summed E-state index contributed by atoms with van der Waals surface area (Å²) in [4.78, 5) is 25.3. The molecule has 0 fully saturated rings. The summed E-state index contributed by atoms with van der Waals surface area (Å²) in [5.41, 5.74) is 2.51. The summed E-state index contributed by atoms with van der Waals surface area (Å²) in [5.74, 6) is -0.126. The SMILES string of the molecule is COC(=O)c1cn(C(=O)c2cccc(OCc3ccccc3)c2)c2ccccc12. The molecule has 4 rings (SSSR count). The van der Waals surface area contributed by atoms with Gasteiger partial charge in [-0.05, 0) is 29.8 Å². The van der Waals surface area contributed by atoms with Crippen LogP contribution < -0.4 is 4.74 Å². The van der Waals surface area contributed by atoms with Gasteiger partial charge in [0.05, 0.1) is 18.2 Å². The van der Waals surface area contributed by atoms with Gasteiger partial charge in [-0.1, -0.05) is 54.6 Å². The number of rotatable bonds is 5. The lowest BCUT2D eigenvalue weighted by atomic mass is 10.2. The average Bonchev–Trinajstić information content (AvgIpc) is 3.17. The molecule has 0 bridgehead atoms. The van der Waals surface area contributed by atoms with Crippen molar-refractivity contribution in [3.8, 4) is 5.75 Å². The second-order valence-electron chi connectivity index (χ2n) is 6.53. The van der Waals surface area contributed by atoms with Crippen LogP contribution in [-0.4, -0.2) is 23.6 Å². The molecule has 144 valence electrons. The van der Waals surface area contributed by atoms with E-state index in [0.717, 1.165) is 5.56 Å². The molecule has 5 heteroatoms. The van der Waals surface area contributed by atoms with Gasteiger partial charge < -0.3 is 9.47 Å². The minimum atomic E-state index is -0.479. The first-order valence-electron chi connectivity index (χ1n) is 9.17. The number of carbonyl (C=O) groups is 2. The van der Waals surface area contributed by atoms with E-state index < -0.39 is 5.97 Å². The Bertz CT molecular complexity index is 1180. The molecule has 29 heavy (non-hydrogen) atoms. The molecule has 3 aromatic carbocycles. The van der Waals surface area contributed by atoms with Crippen LogP contribution in [0.15, 0.2) is 85.1 Å². The monoisotopic (exact) mass is 385 g/mol. The molecule has 4 aromatic rings. The zero-order chi connectivity index (χ0) is 20.2. The number of hydrogen-bond acceptors (Lipinski definition) is 4. The Labute approximate surface area is 168 Å². The van der Waals surface area contributed by atoms with E-state index in [1.54, 1.807) is 30.3 Å². The fourth-order valence-corrected chi connectivity index (χ4v) is 3.22. The van der Waals surface area contributed by atoms with Gasteiger partial charge in [0.2, 0.25) is 0 Å². The van der Waals surface area contributed by atoms with Gasteiger partial charge in [-0.3, -0.25) is 9.36 Å². The van der Waals surface area contributed by atoms with Gasteiger partial charge >= 0.3 is 5.97 Å². The topological polar surface area (TPSA) is 57.5 Å². The fourth-order valence-electron chi connectivity index (χ4n) is 3.22. The second kappa shape index (κ2) is 8.02. The maximum absolute atomic E-state index is 13.2. The standard InChI is InChI=1S/C24H19NO4/c1-28-24(27)21-15-25(22-13-6-5-12-20(21)22)23(26)18-10-7-11-19(14-18)29-16-17-8-3-2-4-9-17/h2-15H,16H2,1H3. The van der Waals surface area contributed by atoms with E-state index in [9.17, 15) is 9.59 Å². The van der Waals surface area contributed by atoms with Crippen LogP contribution in [-0.2, 0) is 11.3 Å². The second-order valence-corrected chi connectivity index (χ2v) is 6.53. The Morgan fingerprint density at radius 3 is 2.45 bits per heavy atom.